The van der Waals surface area contributed by atoms with Gasteiger partial charge in [0, 0.05) is 37.8 Å². The molecule has 0 heterocycles. The second-order valence-electron chi connectivity index (χ2n) is 6.21. The summed E-state index contributed by atoms with van der Waals surface area (Å²) < 4.78 is 5.41. The van der Waals surface area contributed by atoms with E-state index in [0.29, 0.717) is 25.2 Å². The van der Waals surface area contributed by atoms with Crippen molar-refractivity contribution < 1.29 is 14.6 Å². The molecule has 28 heavy (non-hydrogen) atoms. The Kier molecular flexibility index (Phi) is 8.14. The quantitative estimate of drug-likeness (QED) is 0.369. The molecule has 0 saturated carbocycles. The minimum Gasteiger partial charge on any atom is -0.508 e. The Morgan fingerprint density at radius 2 is 1.86 bits per heavy atom. The van der Waals surface area contributed by atoms with Gasteiger partial charge in [-0.05, 0) is 37.3 Å². The summed E-state index contributed by atoms with van der Waals surface area (Å²) in [5, 5.41) is 15.4. The van der Waals surface area contributed by atoms with Gasteiger partial charge in [0.25, 0.3) is 5.91 Å². The van der Waals surface area contributed by atoms with Crippen LogP contribution in [0.5, 0.6) is 11.5 Å². The number of nitrogens with zero attached hydrogens (tertiary/aromatic N) is 2. The van der Waals surface area contributed by atoms with E-state index in [0.717, 1.165) is 23.8 Å². The number of nitrogens with one attached hydrogen (secondary N) is 2. The molecular formula is C21H28N4O3. The highest BCUT2D eigenvalue weighted by Crippen LogP contribution is 2.18. The number of carbonyl (C=O) groups is 1. The third kappa shape index (κ3) is 6.19. The van der Waals surface area contributed by atoms with Crippen LogP contribution in [-0.4, -0.2) is 55.7 Å². The number of amides is 1. The predicted octanol–water partition coefficient (Wildman–Crippen LogP) is 2.23. The van der Waals surface area contributed by atoms with Gasteiger partial charge in [0.15, 0.2) is 5.96 Å². The van der Waals surface area contributed by atoms with Crippen LogP contribution in [0.4, 0.5) is 0 Å². The Balaban J connectivity index is 1.92. The maximum Gasteiger partial charge on any atom is 0.251 e. The lowest BCUT2D eigenvalue weighted by molar-refractivity contribution is 0.0955. The number of aromatic hydroxyl groups is 1. The molecule has 2 rings (SSSR count). The van der Waals surface area contributed by atoms with E-state index in [-0.39, 0.29) is 11.7 Å². The van der Waals surface area contributed by atoms with Crippen molar-refractivity contribution in [2.75, 3.05) is 33.8 Å². The van der Waals surface area contributed by atoms with Gasteiger partial charge < -0.3 is 25.4 Å². The van der Waals surface area contributed by atoms with E-state index < -0.39 is 0 Å². The molecule has 150 valence electrons. The van der Waals surface area contributed by atoms with Crippen LogP contribution in [-0.2, 0) is 6.54 Å². The fourth-order valence-corrected chi connectivity index (χ4v) is 2.68. The van der Waals surface area contributed by atoms with E-state index in [1.165, 1.54) is 12.1 Å². The summed E-state index contributed by atoms with van der Waals surface area (Å²) >= 11 is 0. The minimum atomic E-state index is -0.192. The normalized spacial score (nSPS) is 11.0. The summed E-state index contributed by atoms with van der Waals surface area (Å²) in [4.78, 5) is 18.7. The zero-order chi connectivity index (χ0) is 20.4. The highest BCUT2D eigenvalue weighted by Gasteiger charge is 2.10. The highest BCUT2D eigenvalue weighted by atomic mass is 16.5. The molecule has 0 aliphatic carbocycles. The molecule has 0 bridgehead atoms. The summed E-state index contributed by atoms with van der Waals surface area (Å²) in [7, 11) is 3.62. The number of methoxy groups -OCH3 is 1. The van der Waals surface area contributed by atoms with Crippen LogP contribution in [0.15, 0.2) is 53.5 Å². The van der Waals surface area contributed by atoms with Crippen molar-refractivity contribution in [2.24, 2.45) is 4.99 Å². The number of carbonyl (C=O) groups excluding carboxylic acids is 1. The molecule has 1 amide bonds. The maximum absolute atomic E-state index is 12.1. The Morgan fingerprint density at radius 1 is 1.14 bits per heavy atom. The number of hydrogen-bond donors (Lipinski definition) is 3. The van der Waals surface area contributed by atoms with Crippen molar-refractivity contribution in [1.29, 1.82) is 0 Å². The summed E-state index contributed by atoms with van der Waals surface area (Å²) in [6.07, 6.45) is 0. The standard InChI is InChI=1S/C21H28N4O3/c1-4-22-21(25(2)15-17-7-5-6-8-19(17)28-3)24-14-13-23-20(27)16-9-11-18(26)12-10-16/h5-12,26H,4,13-15H2,1-3H3,(H,22,24)(H,23,27). The van der Waals surface area contributed by atoms with Gasteiger partial charge >= 0.3 is 0 Å². The SMILES string of the molecule is CCNC(=NCCNC(=O)c1ccc(O)cc1)N(C)Cc1ccccc1OC. The molecule has 7 nitrogen and oxygen atoms in total. The first-order valence-corrected chi connectivity index (χ1v) is 9.23. The van der Waals surface area contributed by atoms with Crippen LogP contribution < -0.4 is 15.4 Å². The molecule has 3 N–H and O–H groups in total. The molecule has 0 aliphatic heterocycles. The van der Waals surface area contributed by atoms with Crippen molar-refractivity contribution in [1.82, 2.24) is 15.5 Å². The Hall–Kier alpha value is -3.22. The molecular weight excluding hydrogens is 356 g/mol. The molecule has 0 unspecified atom stereocenters. The van der Waals surface area contributed by atoms with Gasteiger partial charge in [0.2, 0.25) is 0 Å². The van der Waals surface area contributed by atoms with Gasteiger partial charge in [-0.1, -0.05) is 18.2 Å². The van der Waals surface area contributed by atoms with Crippen LogP contribution in [0, 0.1) is 0 Å². The summed E-state index contributed by atoms with van der Waals surface area (Å²) in [5.74, 6) is 1.54. The number of benzene rings is 2. The molecule has 0 radical (unpaired) electrons. The van der Waals surface area contributed by atoms with Gasteiger partial charge in [-0.25, -0.2) is 0 Å². The monoisotopic (exact) mass is 384 g/mol. The zero-order valence-electron chi connectivity index (χ0n) is 16.6. The van der Waals surface area contributed by atoms with Crippen molar-refractivity contribution in [3.63, 3.8) is 0 Å². The second kappa shape index (κ2) is 10.8. The number of hydrogen-bond acceptors (Lipinski definition) is 4. The lowest BCUT2D eigenvalue weighted by atomic mass is 10.2. The smallest absolute Gasteiger partial charge is 0.251 e. The van der Waals surface area contributed by atoms with Gasteiger partial charge in [-0.2, -0.15) is 0 Å². The summed E-state index contributed by atoms with van der Waals surface area (Å²) in [5.41, 5.74) is 1.57. The Bertz CT molecular complexity index is 790. The first-order chi connectivity index (χ1) is 13.5. The fourth-order valence-electron chi connectivity index (χ4n) is 2.68. The number of phenols is 1. The predicted molar refractivity (Wildman–Crippen MR) is 111 cm³/mol. The maximum atomic E-state index is 12.1. The van der Waals surface area contributed by atoms with Crippen LogP contribution in [0.3, 0.4) is 0 Å². The van der Waals surface area contributed by atoms with Crippen LogP contribution in [0.2, 0.25) is 0 Å². The van der Waals surface area contributed by atoms with E-state index in [2.05, 4.69) is 15.6 Å². The summed E-state index contributed by atoms with van der Waals surface area (Å²) in [6.45, 7) is 4.27. The average molecular weight is 384 g/mol. The molecule has 7 heteroatoms. The second-order valence-corrected chi connectivity index (χ2v) is 6.21. The fraction of sp³-hybridized carbons (Fsp3) is 0.333. The molecule has 0 aromatic heterocycles. The number of para-hydroxylation sites is 1. The minimum absolute atomic E-state index is 0.134. The molecule has 0 atom stereocenters. The first kappa shape index (κ1) is 21.1. The zero-order valence-corrected chi connectivity index (χ0v) is 16.6. The number of rotatable bonds is 8. The average Bonchev–Trinajstić information content (AvgIpc) is 2.71. The Labute approximate surface area is 166 Å². The number of phenolic OH excluding ortho intramolecular Hbond substituents is 1. The first-order valence-electron chi connectivity index (χ1n) is 9.23. The topological polar surface area (TPSA) is 86.2 Å². The van der Waals surface area contributed by atoms with E-state index in [1.54, 1.807) is 19.2 Å². The van der Waals surface area contributed by atoms with Gasteiger partial charge in [0.1, 0.15) is 11.5 Å². The van der Waals surface area contributed by atoms with E-state index >= 15 is 0 Å². The van der Waals surface area contributed by atoms with E-state index in [4.69, 9.17) is 4.74 Å². The van der Waals surface area contributed by atoms with Crippen LogP contribution in [0.25, 0.3) is 0 Å². The van der Waals surface area contributed by atoms with Crippen molar-refractivity contribution in [3.05, 3.63) is 59.7 Å². The van der Waals surface area contributed by atoms with Crippen LogP contribution in [0.1, 0.15) is 22.8 Å². The van der Waals surface area contributed by atoms with Crippen molar-refractivity contribution in [3.8, 4) is 11.5 Å². The molecule has 0 saturated heterocycles. The van der Waals surface area contributed by atoms with Crippen LogP contribution >= 0.6 is 0 Å². The Morgan fingerprint density at radius 3 is 2.54 bits per heavy atom. The molecule has 0 spiro atoms. The number of guanidine groups is 1. The molecule has 0 fully saturated rings. The van der Waals surface area contributed by atoms with E-state index in [1.807, 2.05) is 43.1 Å². The molecule has 2 aromatic rings. The van der Waals surface area contributed by atoms with Gasteiger partial charge in [0.05, 0.1) is 13.7 Å². The number of ether oxygens (including phenoxy) is 1. The number of aliphatic imine (C=N–C) groups is 1. The van der Waals surface area contributed by atoms with Crippen molar-refractivity contribution in [2.45, 2.75) is 13.5 Å². The molecule has 0 aliphatic rings. The van der Waals surface area contributed by atoms with Gasteiger partial charge in [-0.3, -0.25) is 9.79 Å². The highest BCUT2D eigenvalue weighted by molar-refractivity contribution is 5.94. The third-order valence-electron chi connectivity index (χ3n) is 4.08. The third-order valence-corrected chi connectivity index (χ3v) is 4.08. The largest absolute Gasteiger partial charge is 0.508 e. The van der Waals surface area contributed by atoms with Crippen molar-refractivity contribution >= 4 is 11.9 Å². The summed E-state index contributed by atoms with van der Waals surface area (Å²) in [6, 6.07) is 14.0. The molecule has 2 aromatic carbocycles. The van der Waals surface area contributed by atoms with E-state index in [9.17, 15) is 9.90 Å². The van der Waals surface area contributed by atoms with Gasteiger partial charge in [-0.15, -0.1) is 0 Å². The lowest BCUT2D eigenvalue weighted by Crippen LogP contribution is -2.39. The lowest BCUT2D eigenvalue weighted by Gasteiger charge is -2.23.